The van der Waals surface area contributed by atoms with Gasteiger partial charge in [-0.05, 0) is 36.8 Å². The number of carbonyl (C=O) groups excluding carboxylic acids is 1. The summed E-state index contributed by atoms with van der Waals surface area (Å²) in [5, 5.41) is 3.37. The van der Waals surface area contributed by atoms with E-state index in [-0.39, 0.29) is 38.6 Å². The highest BCUT2D eigenvalue weighted by molar-refractivity contribution is 7.89. The third-order valence-electron chi connectivity index (χ3n) is 5.41. The van der Waals surface area contributed by atoms with Crippen molar-refractivity contribution in [3.05, 3.63) is 64.7 Å². The number of halogens is 4. The molecule has 1 unspecified atom stereocenters. The van der Waals surface area contributed by atoms with Crippen molar-refractivity contribution in [3.8, 4) is 0 Å². The van der Waals surface area contributed by atoms with Crippen LogP contribution in [-0.2, 0) is 27.5 Å². The van der Waals surface area contributed by atoms with E-state index in [1.807, 2.05) is 17.0 Å². The molecule has 1 N–H and O–H groups in total. The fourth-order valence-corrected chi connectivity index (χ4v) is 5.12. The van der Waals surface area contributed by atoms with Gasteiger partial charge in [0.1, 0.15) is 0 Å². The standard InChI is InChI=1S/C21H23ClF3N3O3S/c1-15(20(29)26-14-16-5-2-3-8-19(16)22)27-9-11-28(12-10-27)32(30,31)18-7-4-6-17(13-18)21(23,24)25/h2-8,13,15H,9-12,14H2,1H3,(H,26,29). The molecule has 1 aliphatic rings. The Balaban J connectivity index is 1.59. The first-order valence-corrected chi connectivity index (χ1v) is 11.7. The average Bonchev–Trinajstić information content (AvgIpc) is 2.77. The minimum atomic E-state index is -4.63. The maximum absolute atomic E-state index is 12.9. The number of piperazine rings is 1. The highest BCUT2D eigenvalue weighted by Gasteiger charge is 2.35. The molecule has 32 heavy (non-hydrogen) atoms. The summed E-state index contributed by atoms with van der Waals surface area (Å²) in [6.45, 7) is 2.69. The highest BCUT2D eigenvalue weighted by Crippen LogP contribution is 2.31. The molecule has 6 nitrogen and oxygen atoms in total. The van der Waals surface area contributed by atoms with Crippen molar-refractivity contribution in [1.82, 2.24) is 14.5 Å². The fourth-order valence-electron chi connectivity index (χ4n) is 3.45. The lowest BCUT2D eigenvalue weighted by atomic mass is 10.2. The number of alkyl halides is 3. The van der Waals surface area contributed by atoms with Gasteiger partial charge in [-0.15, -0.1) is 0 Å². The lowest BCUT2D eigenvalue weighted by Crippen LogP contribution is -2.54. The molecule has 0 saturated carbocycles. The van der Waals surface area contributed by atoms with Crippen molar-refractivity contribution < 1.29 is 26.4 Å². The zero-order valence-corrected chi connectivity index (χ0v) is 18.8. The number of hydrogen-bond donors (Lipinski definition) is 1. The van der Waals surface area contributed by atoms with Gasteiger partial charge >= 0.3 is 6.18 Å². The van der Waals surface area contributed by atoms with Gasteiger partial charge in [0.25, 0.3) is 0 Å². The molecule has 1 amide bonds. The summed E-state index contributed by atoms with van der Waals surface area (Å²) in [6, 6.07) is 10.4. The molecule has 0 spiro atoms. The molecule has 1 saturated heterocycles. The summed E-state index contributed by atoms with van der Waals surface area (Å²) in [5.41, 5.74) is -0.229. The molecule has 0 radical (unpaired) electrons. The van der Waals surface area contributed by atoms with E-state index in [9.17, 15) is 26.4 Å². The van der Waals surface area contributed by atoms with Crippen LogP contribution in [0.5, 0.6) is 0 Å². The minimum Gasteiger partial charge on any atom is -0.351 e. The Morgan fingerprint density at radius 3 is 2.38 bits per heavy atom. The van der Waals surface area contributed by atoms with E-state index in [0.29, 0.717) is 11.1 Å². The number of amides is 1. The molecule has 1 aliphatic heterocycles. The first-order valence-electron chi connectivity index (χ1n) is 9.93. The molecule has 2 aromatic carbocycles. The lowest BCUT2D eigenvalue weighted by Gasteiger charge is -2.36. The average molecular weight is 490 g/mol. The molecule has 1 atom stereocenters. The number of carbonyl (C=O) groups is 1. The van der Waals surface area contributed by atoms with Gasteiger partial charge < -0.3 is 5.32 Å². The van der Waals surface area contributed by atoms with Crippen LogP contribution in [0.1, 0.15) is 18.1 Å². The van der Waals surface area contributed by atoms with Crippen molar-refractivity contribution in [3.63, 3.8) is 0 Å². The number of benzene rings is 2. The second kappa shape index (κ2) is 9.78. The quantitative estimate of drug-likeness (QED) is 0.675. The molecule has 0 aliphatic carbocycles. The van der Waals surface area contributed by atoms with Crippen LogP contribution in [-0.4, -0.2) is 55.8 Å². The van der Waals surface area contributed by atoms with E-state index in [1.54, 1.807) is 19.1 Å². The van der Waals surface area contributed by atoms with E-state index >= 15 is 0 Å². The highest BCUT2D eigenvalue weighted by atomic mass is 35.5. The van der Waals surface area contributed by atoms with Crippen molar-refractivity contribution in [1.29, 1.82) is 0 Å². The zero-order chi connectivity index (χ0) is 23.5. The second-order valence-electron chi connectivity index (χ2n) is 7.45. The second-order valence-corrected chi connectivity index (χ2v) is 9.80. The molecule has 1 heterocycles. The van der Waals surface area contributed by atoms with Crippen LogP contribution in [0.25, 0.3) is 0 Å². The summed E-state index contributed by atoms with van der Waals surface area (Å²) in [5.74, 6) is -0.223. The number of nitrogens with one attached hydrogen (secondary N) is 1. The maximum Gasteiger partial charge on any atom is 0.416 e. The van der Waals surface area contributed by atoms with E-state index in [4.69, 9.17) is 11.6 Å². The van der Waals surface area contributed by atoms with Crippen LogP contribution in [0.3, 0.4) is 0 Å². The summed E-state index contributed by atoms with van der Waals surface area (Å²) < 4.78 is 65.6. The number of hydrogen-bond acceptors (Lipinski definition) is 4. The Bertz CT molecular complexity index is 1070. The number of rotatable bonds is 6. The number of sulfonamides is 1. The van der Waals surface area contributed by atoms with Crippen molar-refractivity contribution in [2.45, 2.75) is 30.6 Å². The van der Waals surface area contributed by atoms with Crippen molar-refractivity contribution in [2.24, 2.45) is 0 Å². The Hall–Kier alpha value is -2.14. The Labute approximate surface area is 190 Å². The predicted molar refractivity (Wildman–Crippen MR) is 115 cm³/mol. The van der Waals surface area contributed by atoms with Crippen LogP contribution < -0.4 is 5.32 Å². The largest absolute Gasteiger partial charge is 0.416 e. The van der Waals surface area contributed by atoms with Gasteiger partial charge in [0.2, 0.25) is 15.9 Å². The Morgan fingerprint density at radius 1 is 1.09 bits per heavy atom. The van der Waals surface area contributed by atoms with Crippen LogP contribution in [0.2, 0.25) is 5.02 Å². The molecular formula is C21H23ClF3N3O3S. The van der Waals surface area contributed by atoms with E-state index in [2.05, 4.69) is 5.32 Å². The third-order valence-corrected chi connectivity index (χ3v) is 7.67. The lowest BCUT2D eigenvalue weighted by molar-refractivity contribution is -0.137. The van der Waals surface area contributed by atoms with Gasteiger partial charge in [0, 0.05) is 37.7 Å². The summed E-state index contributed by atoms with van der Waals surface area (Å²) in [6.07, 6.45) is -4.63. The summed E-state index contributed by atoms with van der Waals surface area (Å²) in [7, 11) is -4.07. The molecular weight excluding hydrogens is 467 g/mol. The van der Waals surface area contributed by atoms with Gasteiger partial charge in [0.15, 0.2) is 0 Å². The Kier molecular flexibility index (Phi) is 7.49. The molecule has 3 rings (SSSR count). The van der Waals surface area contributed by atoms with Crippen molar-refractivity contribution >= 4 is 27.5 Å². The van der Waals surface area contributed by atoms with Gasteiger partial charge in [-0.2, -0.15) is 17.5 Å². The zero-order valence-electron chi connectivity index (χ0n) is 17.3. The van der Waals surface area contributed by atoms with Gasteiger partial charge in [-0.1, -0.05) is 35.9 Å². The predicted octanol–water partition coefficient (Wildman–Crippen LogP) is 3.37. The van der Waals surface area contributed by atoms with E-state index in [0.717, 1.165) is 28.1 Å². The SMILES string of the molecule is CC(C(=O)NCc1ccccc1Cl)N1CCN(S(=O)(=O)c2cccc(C(F)(F)F)c2)CC1. The molecule has 0 aromatic heterocycles. The molecule has 11 heteroatoms. The first kappa shape index (κ1) is 24.5. The molecule has 174 valence electrons. The normalized spacial score (nSPS) is 17.2. The van der Waals surface area contributed by atoms with Gasteiger partial charge in [0.05, 0.1) is 16.5 Å². The monoisotopic (exact) mass is 489 g/mol. The van der Waals surface area contributed by atoms with Gasteiger partial charge in [-0.3, -0.25) is 9.69 Å². The van der Waals surface area contributed by atoms with Gasteiger partial charge in [-0.25, -0.2) is 8.42 Å². The van der Waals surface area contributed by atoms with E-state index < -0.39 is 32.7 Å². The third kappa shape index (κ3) is 5.61. The first-order chi connectivity index (χ1) is 15.0. The van der Waals surface area contributed by atoms with E-state index in [1.165, 1.54) is 0 Å². The topological polar surface area (TPSA) is 69.7 Å². The van der Waals surface area contributed by atoms with Crippen molar-refractivity contribution in [2.75, 3.05) is 26.2 Å². The molecule has 1 fully saturated rings. The smallest absolute Gasteiger partial charge is 0.351 e. The fraction of sp³-hybridized carbons (Fsp3) is 0.381. The minimum absolute atomic E-state index is 0.0702. The van der Waals surface area contributed by atoms with Crippen LogP contribution >= 0.6 is 11.6 Å². The Morgan fingerprint density at radius 2 is 1.75 bits per heavy atom. The molecule has 0 bridgehead atoms. The number of nitrogens with zero attached hydrogens (tertiary/aromatic N) is 2. The maximum atomic E-state index is 12.9. The van der Waals surface area contributed by atoms with Crippen LogP contribution in [0, 0.1) is 0 Å². The van der Waals surface area contributed by atoms with Crippen LogP contribution in [0.4, 0.5) is 13.2 Å². The summed E-state index contributed by atoms with van der Waals surface area (Å²) >= 11 is 6.09. The van der Waals surface area contributed by atoms with Crippen LogP contribution in [0.15, 0.2) is 53.4 Å². The molecule has 2 aromatic rings. The summed E-state index contributed by atoms with van der Waals surface area (Å²) in [4.78, 5) is 14.0.